The molecule has 1 saturated heterocycles. The molecule has 1 aromatic carbocycles. The first-order valence-corrected chi connectivity index (χ1v) is 10.2. The van der Waals surface area contributed by atoms with Crippen LogP contribution in [0.4, 0.5) is 23.2 Å². The summed E-state index contributed by atoms with van der Waals surface area (Å²) in [4.78, 5) is 25.5. The fraction of sp³-hybridized carbons (Fsp3) is 0.524. The highest BCUT2D eigenvalue weighted by Crippen LogP contribution is 2.46. The number of halogens is 4. The van der Waals surface area contributed by atoms with Gasteiger partial charge in [0.2, 0.25) is 5.43 Å². The number of nitrogens with zero attached hydrogens (tertiary/aromatic N) is 2. The van der Waals surface area contributed by atoms with Crippen molar-refractivity contribution in [2.24, 2.45) is 5.92 Å². The van der Waals surface area contributed by atoms with E-state index in [9.17, 15) is 27.9 Å². The topological polar surface area (TPSA) is 74.6 Å². The molecule has 2 N–H and O–H groups in total. The van der Waals surface area contributed by atoms with Gasteiger partial charge >= 0.3 is 12.1 Å². The molecule has 168 valence electrons. The van der Waals surface area contributed by atoms with Crippen LogP contribution in [0, 0.1) is 11.7 Å². The summed E-state index contributed by atoms with van der Waals surface area (Å²) < 4.78 is 59.4. The van der Waals surface area contributed by atoms with E-state index in [1.54, 1.807) is 7.05 Å². The van der Waals surface area contributed by atoms with E-state index in [4.69, 9.17) is 0 Å². The summed E-state index contributed by atoms with van der Waals surface area (Å²) in [7, 11) is 1.76. The van der Waals surface area contributed by atoms with Crippen LogP contribution in [0.5, 0.6) is 0 Å². The second kappa shape index (κ2) is 7.51. The van der Waals surface area contributed by atoms with E-state index >= 15 is 4.39 Å². The number of fused-ring (bicyclic) bond motifs is 1. The average molecular weight is 441 g/mol. The smallest absolute Gasteiger partial charge is 0.420 e. The number of hydrogen-bond acceptors (Lipinski definition) is 4. The van der Waals surface area contributed by atoms with Gasteiger partial charge in [0.25, 0.3) is 0 Å². The highest BCUT2D eigenvalue weighted by Gasteiger charge is 2.43. The minimum Gasteiger partial charge on any atom is -0.477 e. The molecule has 4 rings (SSSR count). The predicted octanol–water partition coefficient (Wildman–Crippen LogP) is 3.63. The third-order valence-electron chi connectivity index (χ3n) is 6.40. The molecule has 0 bridgehead atoms. The van der Waals surface area contributed by atoms with Crippen molar-refractivity contribution >= 4 is 22.6 Å². The number of carboxylic acid groups (broad SMARTS) is 1. The highest BCUT2D eigenvalue weighted by atomic mass is 19.4. The molecule has 0 amide bonds. The molecule has 1 aliphatic carbocycles. The van der Waals surface area contributed by atoms with Gasteiger partial charge in [0.05, 0.1) is 16.6 Å². The Kier molecular flexibility index (Phi) is 5.23. The van der Waals surface area contributed by atoms with Crippen LogP contribution in [-0.2, 0) is 6.18 Å². The van der Waals surface area contributed by atoms with Gasteiger partial charge in [-0.15, -0.1) is 0 Å². The number of benzene rings is 1. The molecule has 2 aromatic rings. The standard InChI is InChI=1S/C21H23F4N3O3/c1-10(26-2)11-5-6-27(8-11)18-15(22)7-13-17(16(18)21(23,24)25)28(12-3-4-12)9-14(19(13)29)20(30)31/h7,9-12,26H,3-6,8H2,1-2H3,(H,30,31)/t10-,11+/m1/s1. The number of carbonyl (C=O) groups is 1. The zero-order valence-electron chi connectivity index (χ0n) is 17.1. The lowest BCUT2D eigenvalue weighted by molar-refractivity contribution is -0.136. The van der Waals surface area contributed by atoms with Crippen LogP contribution in [0.1, 0.15) is 48.1 Å². The van der Waals surface area contributed by atoms with Gasteiger partial charge < -0.3 is 19.9 Å². The van der Waals surface area contributed by atoms with Crippen molar-refractivity contribution in [1.82, 2.24) is 9.88 Å². The van der Waals surface area contributed by atoms with Crippen molar-refractivity contribution in [2.75, 3.05) is 25.0 Å². The van der Waals surface area contributed by atoms with E-state index in [1.165, 1.54) is 9.47 Å². The van der Waals surface area contributed by atoms with E-state index in [0.717, 1.165) is 12.3 Å². The molecule has 1 aliphatic heterocycles. The maximum absolute atomic E-state index is 15.2. The quantitative estimate of drug-likeness (QED) is 0.694. The van der Waals surface area contributed by atoms with Crippen molar-refractivity contribution in [1.29, 1.82) is 0 Å². The normalized spacial score (nSPS) is 20.5. The molecular formula is C21H23F4N3O3. The lowest BCUT2D eigenvalue weighted by Crippen LogP contribution is -2.33. The van der Waals surface area contributed by atoms with Crippen molar-refractivity contribution in [3.05, 3.63) is 39.4 Å². The summed E-state index contributed by atoms with van der Waals surface area (Å²) in [6, 6.07) is 0.462. The summed E-state index contributed by atoms with van der Waals surface area (Å²) in [5.41, 5.74) is -3.99. The number of aromatic nitrogens is 1. The molecule has 0 spiro atoms. The Morgan fingerprint density at radius 3 is 2.52 bits per heavy atom. The van der Waals surface area contributed by atoms with Crippen LogP contribution in [0.2, 0.25) is 0 Å². The molecule has 1 saturated carbocycles. The van der Waals surface area contributed by atoms with E-state index in [1.807, 2.05) is 6.92 Å². The lowest BCUT2D eigenvalue weighted by Gasteiger charge is -2.27. The molecule has 1 aromatic heterocycles. The largest absolute Gasteiger partial charge is 0.477 e. The van der Waals surface area contributed by atoms with Gasteiger partial charge in [-0.2, -0.15) is 13.2 Å². The van der Waals surface area contributed by atoms with Gasteiger partial charge in [0.1, 0.15) is 16.9 Å². The summed E-state index contributed by atoms with van der Waals surface area (Å²) in [6.07, 6.45) is -2.24. The van der Waals surface area contributed by atoms with Gasteiger partial charge in [0, 0.05) is 31.4 Å². The number of nitrogens with one attached hydrogen (secondary N) is 1. The first-order chi connectivity index (χ1) is 14.5. The first kappa shape index (κ1) is 21.6. The van der Waals surface area contributed by atoms with E-state index < -0.39 is 51.1 Å². The van der Waals surface area contributed by atoms with Crippen molar-refractivity contribution in [3.63, 3.8) is 0 Å². The molecule has 6 nitrogen and oxygen atoms in total. The maximum Gasteiger partial charge on any atom is 0.420 e. The number of carboxylic acids is 1. The third kappa shape index (κ3) is 3.66. The highest BCUT2D eigenvalue weighted by molar-refractivity contribution is 5.95. The van der Waals surface area contributed by atoms with Crippen LogP contribution >= 0.6 is 0 Å². The van der Waals surface area contributed by atoms with Crippen LogP contribution in [0.25, 0.3) is 10.9 Å². The fourth-order valence-corrected chi connectivity index (χ4v) is 4.48. The zero-order valence-corrected chi connectivity index (χ0v) is 17.1. The molecular weight excluding hydrogens is 418 g/mol. The Morgan fingerprint density at radius 1 is 1.29 bits per heavy atom. The number of alkyl halides is 3. The minimum atomic E-state index is -4.93. The van der Waals surface area contributed by atoms with Crippen molar-refractivity contribution in [3.8, 4) is 0 Å². The number of hydrogen-bond donors (Lipinski definition) is 2. The molecule has 2 atom stereocenters. The Morgan fingerprint density at radius 2 is 1.97 bits per heavy atom. The Hall–Kier alpha value is -2.62. The lowest BCUT2D eigenvalue weighted by atomic mass is 10.0. The monoisotopic (exact) mass is 441 g/mol. The number of anilines is 1. The summed E-state index contributed by atoms with van der Waals surface area (Å²) in [6.45, 7) is 2.42. The third-order valence-corrected chi connectivity index (χ3v) is 6.40. The van der Waals surface area contributed by atoms with E-state index in [0.29, 0.717) is 19.3 Å². The second-order valence-corrected chi connectivity index (χ2v) is 8.36. The van der Waals surface area contributed by atoms with Crippen molar-refractivity contribution in [2.45, 2.75) is 44.4 Å². The second-order valence-electron chi connectivity index (χ2n) is 8.36. The average Bonchev–Trinajstić information content (AvgIpc) is 3.42. The molecule has 2 fully saturated rings. The number of rotatable bonds is 5. The van der Waals surface area contributed by atoms with Gasteiger partial charge in [-0.3, -0.25) is 4.79 Å². The number of pyridine rings is 1. The Bertz CT molecular complexity index is 1110. The SMILES string of the molecule is CN[C@H](C)[C@H]1CCN(c2c(F)cc3c(=O)c(C(=O)O)cn(C4CC4)c3c2C(F)(F)F)C1. The van der Waals surface area contributed by atoms with Gasteiger partial charge in [-0.05, 0) is 45.2 Å². The number of aromatic carboxylic acids is 1. The predicted molar refractivity (Wildman–Crippen MR) is 107 cm³/mol. The van der Waals surface area contributed by atoms with E-state index in [2.05, 4.69) is 5.32 Å². The summed E-state index contributed by atoms with van der Waals surface area (Å²) in [5.74, 6) is -2.68. The molecule has 2 aliphatic rings. The van der Waals surface area contributed by atoms with E-state index in [-0.39, 0.29) is 31.1 Å². The molecule has 0 unspecified atom stereocenters. The maximum atomic E-state index is 15.2. The molecule has 0 radical (unpaired) electrons. The van der Waals surface area contributed by atoms with Crippen LogP contribution < -0.4 is 15.6 Å². The fourth-order valence-electron chi connectivity index (χ4n) is 4.48. The van der Waals surface area contributed by atoms with Crippen molar-refractivity contribution < 1.29 is 27.5 Å². The molecule has 31 heavy (non-hydrogen) atoms. The van der Waals surface area contributed by atoms with Gasteiger partial charge in [0.15, 0.2) is 0 Å². The summed E-state index contributed by atoms with van der Waals surface area (Å²) >= 11 is 0. The van der Waals surface area contributed by atoms with Crippen LogP contribution in [0.15, 0.2) is 17.1 Å². The van der Waals surface area contributed by atoms with Crippen LogP contribution in [-0.4, -0.2) is 41.8 Å². The molecule has 10 heteroatoms. The first-order valence-electron chi connectivity index (χ1n) is 10.2. The molecule has 2 heterocycles. The minimum absolute atomic E-state index is 0.0428. The summed E-state index contributed by atoms with van der Waals surface area (Å²) in [5, 5.41) is 11.9. The Balaban J connectivity index is 2.02. The van der Waals surface area contributed by atoms with Gasteiger partial charge in [-0.25, -0.2) is 9.18 Å². The van der Waals surface area contributed by atoms with Crippen LogP contribution in [0.3, 0.4) is 0 Å². The Labute approximate surface area is 175 Å². The zero-order chi connectivity index (χ0) is 22.7. The van der Waals surface area contributed by atoms with Gasteiger partial charge in [-0.1, -0.05) is 0 Å².